The van der Waals surface area contributed by atoms with E-state index in [2.05, 4.69) is 4.40 Å². The van der Waals surface area contributed by atoms with E-state index < -0.39 is 16.1 Å². The topological polar surface area (TPSA) is 35.4 Å². The largest absolute Gasteiger partial charge is 0.591 e. The fraction of sp³-hybridized carbons (Fsp3) is 0.562. The van der Waals surface area contributed by atoms with E-state index in [1.807, 2.05) is 32.9 Å². The van der Waals surface area contributed by atoms with Crippen molar-refractivity contribution in [2.75, 3.05) is 0 Å². The van der Waals surface area contributed by atoms with E-state index in [1.165, 1.54) is 12.8 Å². The van der Waals surface area contributed by atoms with Gasteiger partial charge in [-0.25, -0.2) is 4.39 Å². The zero-order valence-electron chi connectivity index (χ0n) is 12.6. The first-order chi connectivity index (χ1) is 9.29. The van der Waals surface area contributed by atoms with Gasteiger partial charge < -0.3 is 4.55 Å². The molecule has 0 aromatic heterocycles. The van der Waals surface area contributed by atoms with E-state index in [-0.39, 0.29) is 5.82 Å². The third-order valence-corrected chi connectivity index (χ3v) is 4.91. The van der Waals surface area contributed by atoms with E-state index in [1.54, 1.807) is 13.0 Å². The molecule has 0 heterocycles. The summed E-state index contributed by atoms with van der Waals surface area (Å²) in [4.78, 5) is 0. The van der Waals surface area contributed by atoms with Crippen molar-refractivity contribution < 1.29 is 8.94 Å². The van der Waals surface area contributed by atoms with Gasteiger partial charge in [-0.05, 0) is 58.4 Å². The van der Waals surface area contributed by atoms with Crippen LogP contribution in [0.15, 0.2) is 22.6 Å². The van der Waals surface area contributed by atoms with Crippen molar-refractivity contribution in [3.05, 3.63) is 35.1 Å². The molecule has 1 fully saturated rings. The summed E-state index contributed by atoms with van der Waals surface area (Å²) in [5.41, 5.74) is 1.73. The molecule has 1 aliphatic rings. The van der Waals surface area contributed by atoms with Crippen LogP contribution in [-0.2, 0) is 17.8 Å². The van der Waals surface area contributed by atoms with Crippen molar-refractivity contribution in [1.82, 2.24) is 0 Å². The van der Waals surface area contributed by atoms with Crippen molar-refractivity contribution in [1.29, 1.82) is 0 Å². The first-order valence-corrected chi connectivity index (χ1v) is 8.14. The molecule has 1 aromatic carbocycles. The van der Waals surface area contributed by atoms with Gasteiger partial charge in [-0.2, -0.15) is 0 Å². The second kappa shape index (κ2) is 5.86. The summed E-state index contributed by atoms with van der Waals surface area (Å²) in [5.74, 6) is 0.437. The molecule has 2 rings (SSSR count). The van der Waals surface area contributed by atoms with Crippen LogP contribution in [0.25, 0.3) is 0 Å². The van der Waals surface area contributed by atoms with Gasteiger partial charge in [-0.1, -0.05) is 22.6 Å². The minimum Gasteiger partial charge on any atom is -0.591 e. The standard InChI is InChI=1S/C16H22FNOS/c1-11(18-20(19)16(2,3)4)14-7-5-6-13(15(14)17)10-12-8-9-12/h5-7,12H,8-10H2,1-4H3/b18-11-. The average Bonchev–Trinajstić information content (AvgIpc) is 3.14. The van der Waals surface area contributed by atoms with Gasteiger partial charge in [-0.15, -0.1) is 0 Å². The van der Waals surface area contributed by atoms with Gasteiger partial charge in [0, 0.05) is 5.56 Å². The molecule has 1 atom stereocenters. The fourth-order valence-corrected chi connectivity index (χ4v) is 2.58. The Morgan fingerprint density at radius 3 is 2.60 bits per heavy atom. The monoisotopic (exact) mass is 295 g/mol. The maximum absolute atomic E-state index is 14.5. The fourth-order valence-electron chi connectivity index (χ4n) is 1.96. The summed E-state index contributed by atoms with van der Waals surface area (Å²) in [7, 11) is 0. The van der Waals surface area contributed by atoms with Crippen LogP contribution in [0, 0.1) is 11.7 Å². The number of rotatable bonds is 4. The summed E-state index contributed by atoms with van der Waals surface area (Å²) in [6, 6.07) is 5.41. The van der Waals surface area contributed by atoms with Gasteiger partial charge in [0.1, 0.15) is 21.9 Å². The molecule has 2 nitrogen and oxygen atoms in total. The number of nitrogens with zero attached hydrogens (tertiary/aromatic N) is 1. The van der Waals surface area contributed by atoms with Crippen LogP contribution < -0.4 is 0 Å². The third kappa shape index (κ3) is 3.83. The SMILES string of the molecule is C/C(=N/[S+]([O-])C(C)(C)C)c1cccc(CC2CC2)c1F. The van der Waals surface area contributed by atoms with Crippen molar-refractivity contribution in [2.45, 2.75) is 51.7 Å². The summed E-state index contributed by atoms with van der Waals surface area (Å²) in [6.45, 7) is 7.31. The molecule has 0 N–H and O–H groups in total. The van der Waals surface area contributed by atoms with Crippen molar-refractivity contribution in [3.63, 3.8) is 0 Å². The van der Waals surface area contributed by atoms with Crippen molar-refractivity contribution in [2.24, 2.45) is 10.3 Å². The van der Waals surface area contributed by atoms with Gasteiger partial charge >= 0.3 is 0 Å². The van der Waals surface area contributed by atoms with Crippen LogP contribution in [0.5, 0.6) is 0 Å². The Morgan fingerprint density at radius 2 is 2.05 bits per heavy atom. The van der Waals surface area contributed by atoms with Gasteiger partial charge in [-0.3, -0.25) is 0 Å². The van der Waals surface area contributed by atoms with Crippen LogP contribution >= 0.6 is 0 Å². The molecular weight excluding hydrogens is 273 g/mol. The van der Waals surface area contributed by atoms with Crippen LogP contribution in [0.3, 0.4) is 0 Å². The zero-order chi connectivity index (χ0) is 14.9. The summed E-state index contributed by atoms with van der Waals surface area (Å²) in [5, 5.41) is 0. The molecule has 0 radical (unpaired) electrons. The molecule has 4 heteroatoms. The molecule has 0 saturated heterocycles. The highest BCUT2D eigenvalue weighted by atomic mass is 32.2. The molecule has 1 unspecified atom stereocenters. The van der Waals surface area contributed by atoms with E-state index in [4.69, 9.17) is 0 Å². The Kier molecular flexibility index (Phi) is 4.55. The Balaban J connectivity index is 2.25. The molecule has 0 amide bonds. The Labute approximate surface area is 123 Å². The molecule has 20 heavy (non-hydrogen) atoms. The highest BCUT2D eigenvalue weighted by Crippen LogP contribution is 2.33. The van der Waals surface area contributed by atoms with Crippen LogP contribution in [-0.4, -0.2) is 15.0 Å². The maximum atomic E-state index is 14.5. The van der Waals surface area contributed by atoms with Gasteiger partial charge in [0.25, 0.3) is 0 Å². The van der Waals surface area contributed by atoms with E-state index >= 15 is 0 Å². The lowest BCUT2D eigenvalue weighted by Crippen LogP contribution is -2.26. The second-order valence-electron chi connectivity index (χ2n) is 6.46. The number of benzene rings is 1. The molecule has 1 aliphatic carbocycles. The molecule has 0 bridgehead atoms. The van der Waals surface area contributed by atoms with Crippen LogP contribution in [0.4, 0.5) is 4.39 Å². The smallest absolute Gasteiger partial charge is 0.144 e. The first-order valence-electron chi connectivity index (χ1n) is 7.04. The lowest BCUT2D eigenvalue weighted by atomic mass is 10.0. The highest BCUT2D eigenvalue weighted by molar-refractivity contribution is 7.91. The molecule has 1 saturated carbocycles. The van der Waals surface area contributed by atoms with E-state index in [0.717, 1.165) is 12.0 Å². The number of halogens is 1. The van der Waals surface area contributed by atoms with Crippen LogP contribution in [0.2, 0.25) is 0 Å². The average molecular weight is 295 g/mol. The number of hydrogen-bond acceptors (Lipinski definition) is 2. The zero-order valence-corrected chi connectivity index (χ0v) is 13.4. The number of hydrogen-bond donors (Lipinski definition) is 0. The van der Waals surface area contributed by atoms with Crippen molar-refractivity contribution >= 4 is 17.1 Å². The molecular formula is C16H22FNOS. The first kappa shape index (κ1) is 15.5. The summed E-state index contributed by atoms with van der Waals surface area (Å²) < 4.78 is 30.2. The van der Waals surface area contributed by atoms with Crippen molar-refractivity contribution in [3.8, 4) is 0 Å². The molecule has 110 valence electrons. The third-order valence-electron chi connectivity index (χ3n) is 3.42. The van der Waals surface area contributed by atoms with Crippen LogP contribution in [0.1, 0.15) is 51.7 Å². The molecule has 1 aromatic rings. The predicted octanol–water partition coefficient (Wildman–Crippen LogP) is 4.05. The normalized spacial score (nSPS) is 18.2. The minimum atomic E-state index is -1.36. The second-order valence-corrected chi connectivity index (χ2v) is 8.37. The Bertz CT molecular complexity index is 518. The summed E-state index contributed by atoms with van der Waals surface area (Å²) >= 11 is -1.36. The molecule has 0 aliphatic heterocycles. The Morgan fingerprint density at radius 1 is 1.40 bits per heavy atom. The lowest BCUT2D eigenvalue weighted by Gasteiger charge is -2.19. The molecule has 0 spiro atoms. The Hall–Kier alpha value is -0.870. The maximum Gasteiger partial charge on any atom is 0.144 e. The van der Waals surface area contributed by atoms with Gasteiger partial charge in [0.15, 0.2) is 0 Å². The quantitative estimate of drug-likeness (QED) is 0.609. The highest BCUT2D eigenvalue weighted by Gasteiger charge is 2.28. The van der Waals surface area contributed by atoms with Gasteiger partial charge in [0.2, 0.25) is 0 Å². The van der Waals surface area contributed by atoms with Gasteiger partial charge in [0.05, 0.1) is 5.71 Å². The summed E-state index contributed by atoms with van der Waals surface area (Å²) in [6.07, 6.45) is 3.20. The minimum absolute atomic E-state index is 0.202. The van der Waals surface area contributed by atoms with E-state index in [9.17, 15) is 8.94 Å². The lowest BCUT2D eigenvalue weighted by molar-refractivity contribution is 0.561. The van der Waals surface area contributed by atoms with E-state index in [0.29, 0.717) is 17.2 Å². The predicted molar refractivity (Wildman–Crippen MR) is 82.9 cm³/mol.